The molecule has 1 aromatic rings. The smallest absolute Gasteiger partial charge is 0.171 e. The van der Waals surface area contributed by atoms with Gasteiger partial charge in [-0.25, -0.2) is 9.97 Å². The van der Waals surface area contributed by atoms with Crippen molar-refractivity contribution in [2.45, 2.75) is 0 Å². The fourth-order valence-corrected chi connectivity index (χ4v) is 2.08. The Morgan fingerprint density at radius 1 is 1.19 bits per heavy atom. The summed E-state index contributed by atoms with van der Waals surface area (Å²) in [6.45, 7) is 4.55. The van der Waals surface area contributed by atoms with Crippen LogP contribution in [0.2, 0.25) is 5.15 Å². The van der Waals surface area contributed by atoms with Crippen molar-refractivity contribution in [3.8, 4) is 0 Å². The Hall–Kier alpha value is -0.910. The summed E-state index contributed by atoms with van der Waals surface area (Å²) in [7, 11) is 0. The molecule has 0 radical (unpaired) electrons. The van der Waals surface area contributed by atoms with E-state index in [1.807, 2.05) is 0 Å². The predicted octanol–water partition coefficient (Wildman–Crippen LogP) is 0.244. The van der Waals surface area contributed by atoms with E-state index >= 15 is 0 Å². The number of piperazine rings is 1. The standard InChI is InChI=1S/C10H15ClN4O/c11-9-10(13-2-1-12-9)15-5-3-14(4-6-15)7-8-16/h1-2,16H,3-8H2. The molecule has 0 amide bonds. The number of nitrogens with zero attached hydrogens (tertiary/aromatic N) is 4. The van der Waals surface area contributed by atoms with Gasteiger partial charge in [-0.1, -0.05) is 11.6 Å². The average molecular weight is 243 g/mol. The third kappa shape index (κ3) is 2.61. The highest BCUT2D eigenvalue weighted by molar-refractivity contribution is 6.31. The van der Waals surface area contributed by atoms with Gasteiger partial charge in [-0.05, 0) is 0 Å². The van der Waals surface area contributed by atoms with Crippen LogP contribution in [0.5, 0.6) is 0 Å². The van der Waals surface area contributed by atoms with E-state index < -0.39 is 0 Å². The van der Waals surface area contributed by atoms with E-state index in [0.29, 0.717) is 5.15 Å². The Labute approximate surface area is 99.7 Å². The van der Waals surface area contributed by atoms with E-state index in [1.54, 1.807) is 12.4 Å². The lowest BCUT2D eigenvalue weighted by atomic mass is 10.3. The van der Waals surface area contributed by atoms with Crippen LogP contribution in [0.25, 0.3) is 0 Å². The average Bonchev–Trinajstić information content (AvgIpc) is 2.31. The second-order valence-corrected chi connectivity index (χ2v) is 4.08. The molecule has 0 saturated carbocycles. The molecule has 0 bridgehead atoms. The summed E-state index contributed by atoms with van der Waals surface area (Å²) >= 11 is 5.99. The van der Waals surface area contributed by atoms with Crippen LogP contribution in [-0.4, -0.2) is 59.3 Å². The highest BCUT2D eigenvalue weighted by atomic mass is 35.5. The van der Waals surface area contributed by atoms with E-state index in [4.69, 9.17) is 16.7 Å². The maximum Gasteiger partial charge on any atom is 0.171 e. The second-order valence-electron chi connectivity index (χ2n) is 3.72. The molecule has 1 aromatic heterocycles. The van der Waals surface area contributed by atoms with E-state index in [0.717, 1.165) is 38.5 Å². The van der Waals surface area contributed by atoms with Crippen LogP contribution >= 0.6 is 11.6 Å². The van der Waals surface area contributed by atoms with Gasteiger partial charge in [0.05, 0.1) is 6.61 Å². The largest absolute Gasteiger partial charge is 0.395 e. The van der Waals surface area contributed by atoms with Gasteiger partial charge in [-0.3, -0.25) is 4.90 Å². The second kappa shape index (κ2) is 5.43. The molecule has 1 saturated heterocycles. The molecule has 0 spiro atoms. The molecular weight excluding hydrogens is 228 g/mol. The van der Waals surface area contributed by atoms with Crippen LogP contribution in [0, 0.1) is 0 Å². The number of rotatable bonds is 3. The molecule has 0 atom stereocenters. The maximum absolute atomic E-state index is 8.85. The molecule has 0 unspecified atom stereocenters. The van der Waals surface area contributed by atoms with Crippen LogP contribution in [0.1, 0.15) is 0 Å². The minimum Gasteiger partial charge on any atom is -0.395 e. The Kier molecular flexibility index (Phi) is 3.93. The minimum atomic E-state index is 0.214. The molecule has 5 nitrogen and oxygen atoms in total. The monoisotopic (exact) mass is 242 g/mol. The zero-order valence-corrected chi connectivity index (χ0v) is 9.77. The van der Waals surface area contributed by atoms with Crippen molar-refractivity contribution in [1.29, 1.82) is 0 Å². The minimum absolute atomic E-state index is 0.214. The number of hydrogen-bond acceptors (Lipinski definition) is 5. The Morgan fingerprint density at radius 3 is 2.50 bits per heavy atom. The van der Waals surface area contributed by atoms with Gasteiger partial charge < -0.3 is 10.0 Å². The van der Waals surface area contributed by atoms with E-state index in [1.165, 1.54) is 0 Å². The normalized spacial score (nSPS) is 17.8. The molecule has 88 valence electrons. The third-order valence-electron chi connectivity index (χ3n) is 2.72. The van der Waals surface area contributed by atoms with Crippen LogP contribution in [0.4, 0.5) is 5.82 Å². The number of anilines is 1. The van der Waals surface area contributed by atoms with E-state index in [9.17, 15) is 0 Å². The highest BCUT2D eigenvalue weighted by Crippen LogP contribution is 2.20. The highest BCUT2D eigenvalue weighted by Gasteiger charge is 2.19. The SMILES string of the molecule is OCCN1CCN(c2nccnc2Cl)CC1. The fourth-order valence-electron chi connectivity index (χ4n) is 1.85. The van der Waals surface area contributed by atoms with Gasteiger partial charge in [0.25, 0.3) is 0 Å². The lowest BCUT2D eigenvalue weighted by Gasteiger charge is -2.35. The molecule has 1 aliphatic rings. The molecule has 1 aliphatic heterocycles. The number of halogens is 1. The van der Waals surface area contributed by atoms with Crippen molar-refractivity contribution >= 4 is 17.4 Å². The fraction of sp³-hybridized carbons (Fsp3) is 0.600. The number of aliphatic hydroxyl groups is 1. The van der Waals surface area contributed by atoms with Crippen LogP contribution in [0.3, 0.4) is 0 Å². The lowest BCUT2D eigenvalue weighted by Crippen LogP contribution is -2.47. The molecule has 0 aliphatic carbocycles. The Morgan fingerprint density at radius 2 is 1.88 bits per heavy atom. The summed E-state index contributed by atoms with van der Waals surface area (Å²) in [5.41, 5.74) is 0. The summed E-state index contributed by atoms with van der Waals surface area (Å²) in [6.07, 6.45) is 3.25. The van der Waals surface area contributed by atoms with Crippen molar-refractivity contribution in [2.75, 3.05) is 44.2 Å². The first-order chi connectivity index (χ1) is 7.81. The van der Waals surface area contributed by atoms with Crippen LogP contribution in [-0.2, 0) is 0 Å². The first-order valence-corrected chi connectivity index (χ1v) is 5.73. The van der Waals surface area contributed by atoms with E-state index in [2.05, 4.69) is 19.8 Å². The van der Waals surface area contributed by atoms with Crippen molar-refractivity contribution in [3.63, 3.8) is 0 Å². The van der Waals surface area contributed by atoms with Gasteiger partial charge in [0.15, 0.2) is 11.0 Å². The van der Waals surface area contributed by atoms with Crippen molar-refractivity contribution < 1.29 is 5.11 Å². The van der Waals surface area contributed by atoms with Gasteiger partial charge in [0, 0.05) is 45.1 Å². The lowest BCUT2D eigenvalue weighted by molar-refractivity contribution is 0.188. The summed E-state index contributed by atoms with van der Waals surface area (Å²) in [6, 6.07) is 0. The van der Waals surface area contributed by atoms with Gasteiger partial charge in [-0.15, -0.1) is 0 Å². The quantitative estimate of drug-likeness (QED) is 0.823. The molecule has 1 fully saturated rings. The first-order valence-electron chi connectivity index (χ1n) is 5.36. The van der Waals surface area contributed by atoms with Gasteiger partial charge in [0.2, 0.25) is 0 Å². The van der Waals surface area contributed by atoms with Crippen LogP contribution in [0.15, 0.2) is 12.4 Å². The first kappa shape index (κ1) is 11.6. The summed E-state index contributed by atoms with van der Waals surface area (Å²) < 4.78 is 0. The zero-order valence-electron chi connectivity index (χ0n) is 9.01. The maximum atomic E-state index is 8.85. The number of aromatic nitrogens is 2. The molecule has 2 rings (SSSR count). The number of hydrogen-bond donors (Lipinski definition) is 1. The third-order valence-corrected chi connectivity index (χ3v) is 2.99. The molecule has 6 heteroatoms. The zero-order chi connectivity index (χ0) is 11.4. The van der Waals surface area contributed by atoms with Crippen LogP contribution < -0.4 is 4.90 Å². The van der Waals surface area contributed by atoms with Gasteiger partial charge >= 0.3 is 0 Å². The summed E-state index contributed by atoms with van der Waals surface area (Å²) in [5.74, 6) is 0.757. The molecular formula is C10H15ClN4O. The number of aliphatic hydroxyl groups excluding tert-OH is 1. The van der Waals surface area contributed by atoms with Crippen molar-refractivity contribution in [2.24, 2.45) is 0 Å². The predicted molar refractivity (Wildman–Crippen MR) is 62.8 cm³/mol. The Balaban J connectivity index is 1.96. The topological polar surface area (TPSA) is 52.5 Å². The van der Waals surface area contributed by atoms with Crippen molar-refractivity contribution in [3.05, 3.63) is 17.5 Å². The van der Waals surface area contributed by atoms with Gasteiger partial charge in [-0.2, -0.15) is 0 Å². The molecule has 2 heterocycles. The number of β-amino-alcohol motifs (C(OH)–C–C–N with tert-alkyl or cyclic N) is 1. The van der Waals surface area contributed by atoms with Crippen molar-refractivity contribution in [1.82, 2.24) is 14.9 Å². The molecule has 1 N–H and O–H groups in total. The van der Waals surface area contributed by atoms with Gasteiger partial charge in [0.1, 0.15) is 0 Å². The molecule has 16 heavy (non-hydrogen) atoms. The molecule has 0 aromatic carbocycles. The summed E-state index contributed by atoms with van der Waals surface area (Å²) in [4.78, 5) is 12.6. The van der Waals surface area contributed by atoms with E-state index in [-0.39, 0.29) is 6.61 Å². The summed E-state index contributed by atoms with van der Waals surface area (Å²) in [5, 5.41) is 9.30. The Bertz CT molecular complexity index is 341.